The average molecular weight is 538 g/mol. The van der Waals surface area contributed by atoms with Crippen molar-refractivity contribution in [3.05, 3.63) is 46.2 Å². The van der Waals surface area contributed by atoms with Crippen molar-refractivity contribution in [3.63, 3.8) is 0 Å². The Hall–Kier alpha value is -2.82. The van der Waals surface area contributed by atoms with Crippen molar-refractivity contribution in [1.82, 2.24) is 4.90 Å². The molecule has 1 aliphatic rings. The Kier molecular flexibility index (Phi) is 11.5. The first kappa shape index (κ1) is 29.4. The van der Waals surface area contributed by atoms with E-state index in [0.717, 1.165) is 11.8 Å². The molecule has 2 rings (SSSR count). The van der Waals surface area contributed by atoms with E-state index in [2.05, 4.69) is 6.58 Å². The third kappa shape index (κ3) is 7.84. The molecule has 3 amide bonds. The van der Waals surface area contributed by atoms with Crippen LogP contribution in [0.3, 0.4) is 0 Å². The first-order valence-electron chi connectivity index (χ1n) is 11.5. The summed E-state index contributed by atoms with van der Waals surface area (Å²) in [5.74, 6) is -0.914. The highest BCUT2D eigenvalue weighted by atomic mass is 35.5. The summed E-state index contributed by atoms with van der Waals surface area (Å²) >= 11 is 7.06. The molecule has 0 aromatic heterocycles. The van der Waals surface area contributed by atoms with Gasteiger partial charge in [-0.1, -0.05) is 42.9 Å². The van der Waals surface area contributed by atoms with Crippen molar-refractivity contribution < 1.29 is 28.7 Å². The van der Waals surface area contributed by atoms with Gasteiger partial charge in [-0.3, -0.25) is 19.3 Å². The maximum absolute atomic E-state index is 13.1. The molecule has 9 nitrogen and oxygen atoms in total. The van der Waals surface area contributed by atoms with Crippen molar-refractivity contribution in [2.45, 2.75) is 33.2 Å². The van der Waals surface area contributed by atoms with Gasteiger partial charge in [-0.05, 0) is 44.5 Å². The normalized spacial score (nSPS) is 14.8. The molecule has 11 heteroatoms. The number of ether oxygens (including phenoxy) is 2. The lowest BCUT2D eigenvalue weighted by Crippen LogP contribution is -2.45. The number of rotatable bonds is 11. The predicted octanol–water partition coefficient (Wildman–Crippen LogP) is 4.17. The summed E-state index contributed by atoms with van der Waals surface area (Å²) in [6.07, 6.45) is 1.55. The molecular formula is C25H32ClN3O6S. The van der Waals surface area contributed by atoms with Gasteiger partial charge in [-0.2, -0.15) is 0 Å². The number of carbonyl (C=O) groups excluding carboxylic acids is 4. The Balaban J connectivity index is 2.18. The molecular weight excluding hydrogens is 506 g/mol. The van der Waals surface area contributed by atoms with Gasteiger partial charge in [0.2, 0.25) is 0 Å². The maximum atomic E-state index is 13.1. The number of benzene rings is 1. The topological polar surface area (TPSA) is 96.5 Å². The number of methoxy groups -OCH3 is 1. The van der Waals surface area contributed by atoms with E-state index in [1.807, 2.05) is 13.8 Å². The second-order valence-corrected chi connectivity index (χ2v) is 9.79. The highest BCUT2D eigenvalue weighted by Gasteiger charge is 2.27. The lowest BCUT2D eigenvalue weighted by Gasteiger charge is -2.30. The minimum Gasteiger partial charge on any atom is -0.452 e. The van der Waals surface area contributed by atoms with Gasteiger partial charge in [-0.15, -0.1) is 0 Å². The number of Topliss-reactive ketones (excluding diaryl/α,β-unsaturated/α-hetero) is 1. The largest absolute Gasteiger partial charge is 0.452 e. The van der Waals surface area contributed by atoms with Gasteiger partial charge in [0.25, 0.3) is 11.8 Å². The smallest absolute Gasteiger partial charge is 0.414 e. The summed E-state index contributed by atoms with van der Waals surface area (Å²) in [6, 6.07) is 6.43. The second kappa shape index (κ2) is 14.1. The molecule has 0 aliphatic carbocycles. The van der Waals surface area contributed by atoms with Gasteiger partial charge in [0.05, 0.1) is 36.1 Å². The number of amides is 3. The van der Waals surface area contributed by atoms with E-state index in [-0.39, 0.29) is 42.3 Å². The van der Waals surface area contributed by atoms with Crippen LogP contribution in [-0.4, -0.2) is 74.6 Å². The number of nitrogens with zero attached hydrogens (tertiary/aromatic N) is 3. The molecule has 0 saturated carbocycles. The van der Waals surface area contributed by atoms with Gasteiger partial charge in [-0.25, -0.2) is 4.79 Å². The zero-order chi connectivity index (χ0) is 26.8. The van der Waals surface area contributed by atoms with E-state index in [4.69, 9.17) is 21.1 Å². The number of morpholine rings is 1. The first-order chi connectivity index (χ1) is 17.1. The number of hydrogen-bond donors (Lipinski definition) is 0. The Morgan fingerprint density at radius 2 is 1.94 bits per heavy atom. The van der Waals surface area contributed by atoms with Crippen LogP contribution in [0.15, 0.2) is 46.2 Å². The number of anilines is 2. The summed E-state index contributed by atoms with van der Waals surface area (Å²) in [5.41, 5.74) is 1.08. The second-order valence-electron chi connectivity index (χ2n) is 8.02. The minimum absolute atomic E-state index is 0.0157. The van der Waals surface area contributed by atoms with E-state index in [9.17, 15) is 19.2 Å². The van der Waals surface area contributed by atoms with Crippen molar-refractivity contribution in [2.24, 2.45) is 0 Å². The highest BCUT2D eigenvalue weighted by molar-refractivity contribution is 8.08. The number of carbonyl (C=O) groups is 4. The fourth-order valence-corrected chi connectivity index (χ4v) is 4.26. The van der Waals surface area contributed by atoms with Crippen molar-refractivity contribution >= 4 is 58.4 Å². The van der Waals surface area contributed by atoms with Crippen LogP contribution in [-0.2, 0) is 23.9 Å². The number of allylic oxidation sites excluding steroid dienone is 1. The molecule has 1 unspecified atom stereocenters. The van der Waals surface area contributed by atoms with Gasteiger partial charge in [0, 0.05) is 24.0 Å². The van der Waals surface area contributed by atoms with Crippen LogP contribution in [0.4, 0.5) is 16.2 Å². The molecule has 0 N–H and O–H groups in total. The van der Waals surface area contributed by atoms with E-state index in [1.54, 1.807) is 42.2 Å². The molecule has 1 fully saturated rings. The molecule has 1 aromatic carbocycles. The monoisotopic (exact) mass is 537 g/mol. The van der Waals surface area contributed by atoms with Crippen molar-refractivity contribution in [1.29, 1.82) is 0 Å². The molecule has 1 aromatic rings. The van der Waals surface area contributed by atoms with Crippen LogP contribution in [0.1, 0.15) is 27.2 Å². The minimum atomic E-state index is -0.722. The van der Waals surface area contributed by atoms with Crippen molar-refractivity contribution in [3.8, 4) is 0 Å². The van der Waals surface area contributed by atoms with E-state index in [0.29, 0.717) is 35.3 Å². The lowest BCUT2D eigenvalue weighted by molar-refractivity contribution is -0.133. The lowest BCUT2D eigenvalue weighted by atomic mass is 10.2. The summed E-state index contributed by atoms with van der Waals surface area (Å²) < 4.78 is 10.4. The zero-order valence-corrected chi connectivity index (χ0v) is 22.6. The van der Waals surface area contributed by atoms with Gasteiger partial charge in [0.15, 0.2) is 5.78 Å². The molecule has 0 spiro atoms. The first-order valence-corrected chi connectivity index (χ1v) is 12.7. The quantitative estimate of drug-likeness (QED) is 0.391. The Bertz CT molecular complexity index is 1010. The van der Waals surface area contributed by atoms with Crippen LogP contribution in [0.2, 0.25) is 0 Å². The molecule has 1 heterocycles. The fraction of sp³-hybridized carbons (Fsp3) is 0.440. The van der Waals surface area contributed by atoms with Crippen LogP contribution < -0.4 is 9.80 Å². The summed E-state index contributed by atoms with van der Waals surface area (Å²) in [7, 11) is 1.22. The van der Waals surface area contributed by atoms with Gasteiger partial charge >= 0.3 is 6.09 Å². The average Bonchev–Trinajstić information content (AvgIpc) is 2.89. The summed E-state index contributed by atoms with van der Waals surface area (Å²) in [5, 5.41) is 0. The van der Waals surface area contributed by atoms with Crippen LogP contribution in [0.5, 0.6) is 0 Å². The summed E-state index contributed by atoms with van der Waals surface area (Å²) in [4.78, 5) is 55.1. The SMILES string of the molecule is C=C(SC(Cl)=CC)C(=O)N(CC(=O)CN(C(=O)OC)c1ccc(N2CCOCC2=O)cc1)C(C)CC. The number of thioether (sulfide) groups is 1. The fourth-order valence-electron chi connectivity index (χ4n) is 3.42. The molecule has 1 atom stereocenters. The number of hydrogen-bond acceptors (Lipinski definition) is 7. The van der Waals surface area contributed by atoms with E-state index < -0.39 is 12.0 Å². The zero-order valence-electron chi connectivity index (χ0n) is 21.0. The van der Waals surface area contributed by atoms with Crippen LogP contribution in [0.25, 0.3) is 0 Å². The Labute approximate surface area is 221 Å². The van der Waals surface area contributed by atoms with E-state index >= 15 is 0 Å². The Morgan fingerprint density at radius 1 is 1.28 bits per heavy atom. The van der Waals surface area contributed by atoms with Crippen LogP contribution in [0, 0.1) is 0 Å². The predicted molar refractivity (Wildman–Crippen MR) is 142 cm³/mol. The molecule has 196 valence electrons. The Morgan fingerprint density at radius 3 is 2.50 bits per heavy atom. The number of halogens is 1. The molecule has 0 radical (unpaired) electrons. The molecule has 36 heavy (non-hydrogen) atoms. The standard InChI is InChI=1S/C25H32ClN3O6S/c1-6-17(3)28(24(32)18(4)36-22(26)7-2)14-21(30)15-29(25(33)34-5)20-10-8-19(9-11-20)27-12-13-35-16-23(27)31/h7-11,17H,4,6,12-16H2,1-3,5H3. The molecule has 1 saturated heterocycles. The number of ketones is 1. The maximum Gasteiger partial charge on any atom is 0.414 e. The highest BCUT2D eigenvalue weighted by Crippen LogP contribution is 2.29. The van der Waals surface area contributed by atoms with Crippen LogP contribution >= 0.6 is 23.4 Å². The van der Waals surface area contributed by atoms with Crippen molar-refractivity contribution in [2.75, 3.05) is 49.8 Å². The third-order valence-corrected chi connectivity index (χ3v) is 6.91. The van der Waals surface area contributed by atoms with Gasteiger partial charge < -0.3 is 19.3 Å². The molecule has 0 bridgehead atoms. The third-order valence-electron chi connectivity index (χ3n) is 5.60. The molecule has 1 aliphatic heterocycles. The van der Waals surface area contributed by atoms with Gasteiger partial charge in [0.1, 0.15) is 6.61 Å². The summed E-state index contributed by atoms with van der Waals surface area (Å²) in [6.45, 7) is 9.66. The van der Waals surface area contributed by atoms with E-state index in [1.165, 1.54) is 16.9 Å².